The first-order valence-corrected chi connectivity index (χ1v) is 7.59. The summed E-state index contributed by atoms with van der Waals surface area (Å²) in [7, 11) is 0. The van der Waals surface area contributed by atoms with Gasteiger partial charge in [0.15, 0.2) is 11.6 Å². The molecule has 1 aliphatic heterocycles. The van der Waals surface area contributed by atoms with Crippen molar-refractivity contribution >= 4 is 11.8 Å². The van der Waals surface area contributed by atoms with Crippen LogP contribution in [0.25, 0.3) is 0 Å². The summed E-state index contributed by atoms with van der Waals surface area (Å²) in [5.74, 6) is -1.42. The fraction of sp³-hybridized carbons (Fsp3) is 0.625. The number of ether oxygens (including phenoxy) is 3. The Morgan fingerprint density at radius 1 is 1.45 bits per heavy atom. The number of aliphatic hydroxyl groups excluding tert-OH is 1. The van der Waals surface area contributed by atoms with Crippen molar-refractivity contribution in [2.45, 2.75) is 38.4 Å². The van der Waals surface area contributed by atoms with E-state index in [2.05, 4.69) is 0 Å². The lowest BCUT2D eigenvalue weighted by molar-refractivity contribution is -0.202. The van der Waals surface area contributed by atoms with Crippen molar-refractivity contribution in [1.29, 1.82) is 0 Å². The lowest BCUT2D eigenvalue weighted by atomic mass is 9.61. The quantitative estimate of drug-likeness (QED) is 0.476. The molecule has 3 aliphatic rings. The first-order valence-electron chi connectivity index (χ1n) is 7.59. The molecule has 6 heteroatoms. The number of ketones is 1. The maximum Gasteiger partial charge on any atom is 0.316 e. The average molecular weight is 308 g/mol. The zero-order valence-electron chi connectivity index (χ0n) is 12.6. The summed E-state index contributed by atoms with van der Waals surface area (Å²) in [6.45, 7) is 3.00. The number of carbonyl (C=O) groups is 2. The number of aliphatic hydroxyl groups is 1. The standard InChI is InChI=1S/C16H20O6/c1-2-20-14(19)15-8-11(9-17)13(18)7-12(15)3-4-16(10-15)21-5-6-22-16/h7,9,17H,2-6,8,10H2,1H3/b11-9-/t15-/m0/s1. The van der Waals surface area contributed by atoms with Crippen molar-refractivity contribution in [2.75, 3.05) is 19.8 Å². The Balaban J connectivity index is 2.03. The van der Waals surface area contributed by atoms with E-state index in [0.717, 1.165) is 11.8 Å². The molecule has 0 aromatic rings. The van der Waals surface area contributed by atoms with Crippen molar-refractivity contribution in [2.24, 2.45) is 5.41 Å². The van der Waals surface area contributed by atoms with Crippen LogP contribution >= 0.6 is 0 Å². The van der Waals surface area contributed by atoms with Gasteiger partial charge in [-0.3, -0.25) is 9.59 Å². The van der Waals surface area contributed by atoms with E-state index in [1.807, 2.05) is 0 Å². The number of rotatable bonds is 2. The van der Waals surface area contributed by atoms with E-state index in [-0.39, 0.29) is 30.4 Å². The first-order chi connectivity index (χ1) is 10.6. The number of hydrogen-bond acceptors (Lipinski definition) is 6. The molecule has 0 aromatic heterocycles. The third-order valence-electron chi connectivity index (χ3n) is 4.71. The second kappa shape index (κ2) is 5.52. The van der Waals surface area contributed by atoms with E-state index >= 15 is 0 Å². The number of hydrogen-bond donors (Lipinski definition) is 1. The third-order valence-corrected chi connectivity index (χ3v) is 4.71. The minimum atomic E-state index is -0.985. The fourth-order valence-corrected chi connectivity index (χ4v) is 3.67. The van der Waals surface area contributed by atoms with Crippen LogP contribution in [0.1, 0.15) is 32.6 Å². The van der Waals surface area contributed by atoms with Crippen LogP contribution in [0.3, 0.4) is 0 Å². The highest BCUT2D eigenvalue weighted by atomic mass is 16.7. The summed E-state index contributed by atoms with van der Waals surface area (Å²) in [4.78, 5) is 24.7. The summed E-state index contributed by atoms with van der Waals surface area (Å²) in [6, 6.07) is 0. The van der Waals surface area contributed by atoms with Gasteiger partial charge >= 0.3 is 5.97 Å². The Labute approximate surface area is 128 Å². The summed E-state index contributed by atoms with van der Waals surface area (Å²) < 4.78 is 16.8. The van der Waals surface area contributed by atoms with Crippen LogP contribution in [0.5, 0.6) is 0 Å². The Bertz CT molecular complexity index is 555. The molecule has 0 bridgehead atoms. The largest absolute Gasteiger partial charge is 0.515 e. The van der Waals surface area contributed by atoms with Gasteiger partial charge in [-0.2, -0.15) is 0 Å². The molecule has 0 unspecified atom stereocenters. The van der Waals surface area contributed by atoms with Crippen LogP contribution < -0.4 is 0 Å². The van der Waals surface area contributed by atoms with Crippen molar-refractivity contribution in [1.82, 2.24) is 0 Å². The van der Waals surface area contributed by atoms with E-state index in [4.69, 9.17) is 14.2 Å². The molecule has 0 aromatic carbocycles. The number of allylic oxidation sites excluding steroid dienone is 2. The second-order valence-corrected chi connectivity index (χ2v) is 5.95. The molecular weight excluding hydrogens is 288 g/mol. The zero-order chi connectivity index (χ0) is 15.8. The smallest absolute Gasteiger partial charge is 0.316 e. The van der Waals surface area contributed by atoms with Gasteiger partial charge in [0, 0.05) is 18.4 Å². The Morgan fingerprint density at radius 2 is 2.18 bits per heavy atom. The van der Waals surface area contributed by atoms with Crippen molar-refractivity contribution in [3.63, 3.8) is 0 Å². The van der Waals surface area contributed by atoms with Gasteiger partial charge in [0.2, 0.25) is 0 Å². The number of fused-ring (bicyclic) bond motifs is 1. The molecule has 22 heavy (non-hydrogen) atoms. The molecule has 6 nitrogen and oxygen atoms in total. The van der Waals surface area contributed by atoms with Gasteiger partial charge < -0.3 is 19.3 Å². The highest BCUT2D eigenvalue weighted by molar-refractivity contribution is 6.07. The molecular formula is C16H20O6. The van der Waals surface area contributed by atoms with Gasteiger partial charge in [-0.15, -0.1) is 0 Å². The van der Waals surface area contributed by atoms with Crippen LogP contribution in [0.2, 0.25) is 0 Å². The molecule has 1 saturated carbocycles. The lowest BCUT2D eigenvalue weighted by Gasteiger charge is -2.46. The average Bonchev–Trinajstić information content (AvgIpc) is 2.95. The monoisotopic (exact) mass is 308 g/mol. The Hall–Kier alpha value is -1.66. The predicted molar refractivity (Wildman–Crippen MR) is 76.0 cm³/mol. The van der Waals surface area contributed by atoms with E-state index in [0.29, 0.717) is 32.5 Å². The van der Waals surface area contributed by atoms with Gasteiger partial charge in [-0.1, -0.05) is 0 Å². The SMILES string of the molecule is CCOC(=O)[C@]12C/C(=C/O)C(=O)C=C1CCC1(C2)OCCO1. The molecule has 120 valence electrons. The molecule has 2 aliphatic carbocycles. The number of esters is 1. The minimum absolute atomic E-state index is 0.126. The molecule has 0 amide bonds. The summed E-state index contributed by atoms with van der Waals surface area (Å²) in [5, 5.41) is 9.31. The van der Waals surface area contributed by atoms with Crippen molar-refractivity contribution in [3.8, 4) is 0 Å². The summed E-state index contributed by atoms with van der Waals surface area (Å²) in [5.41, 5.74) is -0.0146. The second-order valence-electron chi connectivity index (χ2n) is 5.95. The first kappa shape index (κ1) is 15.2. The highest BCUT2D eigenvalue weighted by Gasteiger charge is 2.57. The van der Waals surface area contributed by atoms with Gasteiger partial charge in [0.25, 0.3) is 0 Å². The van der Waals surface area contributed by atoms with E-state index < -0.39 is 11.2 Å². The van der Waals surface area contributed by atoms with Crippen LogP contribution in [0.4, 0.5) is 0 Å². The van der Waals surface area contributed by atoms with E-state index in [1.54, 1.807) is 6.92 Å². The minimum Gasteiger partial charge on any atom is -0.515 e. The molecule has 1 heterocycles. The lowest BCUT2D eigenvalue weighted by Crippen LogP contribution is -2.50. The third kappa shape index (κ3) is 2.27. The van der Waals surface area contributed by atoms with Gasteiger partial charge in [0.05, 0.1) is 31.5 Å². The Morgan fingerprint density at radius 3 is 2.82 bits per heavy atom. The molecule has 1 atom stereocenters. The molecule has 1 saturated heterocycles. The maximum absolute atomic E-state index is 12.7. The fourth-order valence-electron chi connectivity index (χ4n) is 3.67. The highest BCUT2D eigenvalue weighted by Crippen LogP contribution is 2.54. The van der Waals surface area contributed by atoms with Crippen LogP contribution in [-0.2, 0) is 23.8 Å². The molecule has 2 fully saturated rings. The molecule has 3 rings (SSSR count). The predicted octanol–water partition coefficient (Wildman–Crippen LogP) is 1.80. The van der Waals surface area contributed by atoms with Gasteiger partial charge in [0.1, 0.15) is 0 Å². The normalized spacial score (nSPS) is 32.0. The van der Waals surface area contributed by atoms with E-state index in [1.165, 1.54) is 6.08 Å². The molecule has 1 N–H and O–H groups in total. The number of carbonyl (C=O) groups excluding carboxylic acids is 2. The zero-order valence-corrected chi connectivity index (χ0v) is 12.6. The van der Waals surface area contributed by atoms with Gasteiger partial charge in [-0.05, 0) is 31.4 Å². The van der Waals surface area contributed by atoms with E-state index in [9.17, 15) is 14.7 Å². The molecule has 0 radical (unpaired) electrons. The summed E-state index contributed by atoms with van der Waals surface area (Å²) >= 11 is 0. The Kier molecular flexibility index (Phi) is 3.82. The topological polar surface area (TPSA) is 82.1 Å². The van der Waals surface area contributed by atoms with Crippen LogP contribution in [0, 0.1) is 5.41 Å². The van der Waals surface area contributed by atoms with Crippen LogP contribution in [0.15, 0.2) is 23.5 Å². The molecule has 1 spiro atoms. The van der Waals surface area contributed by atoms with Crippen LogP contribution in [-0.4, -0.2) is 42.5 Å². The van der Waals surface area contributed by atoms with Crippen molar-refractivity contribution in [3.05, 3.63) is 23.5 Å². The summed E-state index contributed by atoms with van der Waals surface area (Å²) in [6.07, 6.45) is 3.85. The van der Waals surface area contributed by atoms with Crippen molar-refractivity contribution < 1.29 is 28.9 Å². The van der Waals surface area contributed by atoms with Gasteiger partial charge in [-0.25, -0.2) is 0 Å². The maximum atomic E-state index is 12.7.